The molecule has 0 saturated carbocycles. The molecule has 1 aromatic heterocycles. The summed E-state index contributed by atoms with van der Waals surface area (Å²) >= 11 is 0. The van der Waals surface area contributed by atoms with Gasteiger partial charge in [-0.15, -0.1) is 0 Å². The van der Waals surface area contributed by atoms with E-state index < -0.39 is 11.6 Å². The molecule has 5 heteroatoms. The highest BCUT2D eigenvalue weighted by Gasteiger charge is 2.18. The Hall–Kier alpha value is -2.69. The first-order chi connectivity index (χ1) is 9.65. The molecule has 2 aromatic carbocycles. The Morgan fingerprint density at radius 2 is 1.55 bits per heavy atom. The minimum absolute atomic E-state index is 0.0221. The molecular weight excluding hydrogens is 262 g/mol. The molecule has 1 heterocycles. The number of nitrogens with two attached hydrogens (primary N) is 1. The molecule has 0 spiro atoms. The van der Waals surface area contributed by atoms with E-state index in [4.69, 9.17) is 10.3 Å². The number of hydrogen-bond donors (Lipinski definition) is 1. The molecule has 3 aromatic rings. The van der Waals surface area contributed by atoms with Crippen molar-refractivity contribution in [3.05, 3.63) is 60.2 Å². The number of benzene rings is 2. The van der Waals surface area contributed by atoms with E-state index in [-0.39, 0.29) is 5.88 Å². The average molecular weight is 272 g/mol. The Balaban J connectivity index is 2.22. The van der Waals surface area contributed by atoms with Gasteiger partial charge in [-0.1, -0.05) is 35.5 Å². The topological polar surface area (TPSA) is 52.0 Å². The van der Waals surface area contributed by atoms with Gasteiger partial charge in [-0.3, -0.25) is 0 Å². The normalized spacial score (nSPS) is 10.7. The van der Waals surface area contributed by atoms with Gasteiger partial charge in [0.15, 0.2) is 0 Å². The third-order valence-corrected chi connectivity index (χ3v) is 2.92. The van der Waals surface area contributed by atoms with Crippen LogP contribution < -0.4 is 5.73 Å². The molecular formula is C15H10F2N2O. The van der Waals surface area contributed by atoms with Crippen LogP contribution in [0.3, 0.4) is 0 Å². The van der Waals surface area contributed by atoms with Crippen LogP contribution in [0.15, 0.2) is 53.1 Å². The van der Waals surface area contributed by atoms with Crippen molar-refractivity contribution in [2.45, 2.75) is 0 Å². The molecule has 0 fully saturated rings. The molecule has 3 nitrogen and oxygen atoms in total. The van der Waals surface area contributed by atoms with Gasteiger partial charge in [-0.2, -0.15) is 0 Å². The van der Waals surface area contributed by atoms with Gasteiger partial charge in [0.25, 0.3) is 0 Å². The number of aromatic nitrogens is 1. The summed E-state index contributed by atoms with van der Waals surface area (Å²) in [5.41, 5.74) is 7.62. The average Bonchev–Trinajstić information content (AvgIpc) is 2.80. The number of rotatable bonds is 2. The lowest BCUT2D eigenvalue weighted by atomic mass is 10.0. The van der Waals surface area contributed by atoms with Crippen LogP contribution in [0, 0.1) is 11.6 Å². The van der Waals surface area contributed by atoms with Gasteiger partial charge in [0.05, 0.1) is 5.56 Å². The zero-order chi connectivity index (χ0) is 14.1. The molecule has 0 bridgehead atoms. The third-order valence-electron chi connectivity index (χ3n) is 2.92. The molecule has 0 radical (unpaired) electrons. The highest BCUT2D eigenvalue weighted by atomic mass is 19.1. The van der Waals surface area contributed by atoms with Crippen molar-refractivity contribution in [3.63, 3.8) is 0 Å². The highest BCUT2D eigenvalue weighted by Crippen LogP contribution is 2.36. The molecule has 0 aliphatic heterocycles. The van der Waals surface area contributed by atoms with Gasteiger partial charge >= 0.3 is 0 Å². The summed E-state index contributed by atoms with van der Waals surface area (Å²) < 4.78 is 31.7. The van der Waals surface area contributed by atoms with E-state index in [0.29, 0.717) is 16.8 Å². The van der Waals surface area contributed by atoms with Crippen LogP contribution in [-0.2, 0) is 0 Å². The standard InChI is InChI=1S/C15H10F2N2O/c16-11-6-10(7-12(17)8-11)13-14(19-20-15(13)18)9-4-2-1-3-5-9/h1-8H,18H2. The summed E-state index contributed by atoms with van der Waals surface area (Å²) in [4.78, 5) is 0. The number of anilines is 1. The molecule has 0 aliphatic rings. The summed E-state index contributed by atoms with van der Waals surface area (Å²) in [5, 5.41) is 3.88. The SMILES string of the molecule is Nc1onc(-c2ccccc2)c1-c1cc(F)cc(F)c1. The molecule has 0 saturated heterocycles. The lowest BCUT2D eigenvalue weighted by Crippen LogP contribution is -1.90. The van der Waals surface area contributed by atoms with E-state index >= 15 is 0 Å². The van der Waals surface area contributed by atoms with Gasteiger partial charge in [-0.25, -0.2) is 8.78 Å². The first-order valence-corrected chi connectivity index (χ1v) is 5.92. The Morgan fingerprint density at radius 1 is 0.900 bits per heavy atom. The van der Waals surface area contributed by atoms with Crippen molar-refractivity contribution >= 4 is 5.88 Å². The third kappa shape index (κ3) is 2.14. The Bertz CT molecular complexity index is 734. The van der Waals surface area contributed by atoms with Gasteiger partial charge in [0, 0.05) is 11.6 Å². The van der Waals surface area contributed by atoms with Crippen LogP contribution in [0.25, 0.3) is 22.4 Å². The molecule has 0 amide bonds. The lowest BCUT2D eigenvalue weighted by molar-refractivity contribution is 0.439. The molecule has 0 aliphatic carbocycles. The summed E-state index contributed by atoms with van der Waals surface area (Å²) in [6, 6.07) is 12.3. The second-order valence-electron chi connectivity index (χ2n) is 4.29. The number of halogens is 2. The largest absolute Gasteiger partial charge is 0.367 e. The molecule has 100 valence electrons. The summed E-state index contributed by atoms with van der Waals surface area (Å²) in [6.45, 7) is 0. The first-order valence-electron chi connectivity index (χ1n) is 5.92. The van der Waals surface area contributed by atoms with Crippen molar-refractivity contribution < 1.29 is 13.3 Å². The monoisotopic (exact) mass is 272 g/mol. The van der Waals surface area contributed by atoms with Crippen molar-refractivity contribution in [2.75, 3.05) is 5.73 Å². The van der Waals surface area contributed by atoms with Crippen LogP contribution in [0.2, 0.25) is 0 Å². The van der Waals surface area contributed by atoms with E-state index in [1.54, 1.807) is 0 Å². The molecule has 0 atom stereocenters. The maximum absolute atomic E-state index is 13.4. The van der Waals surface area contributed by atoms with Crippen molar-refractivity contribution in [2.24, 2.45) is 0 Å². The first kappa shape index (κ1) is 12.3. The maximum atomic E-state index is 13.4. The molecule has 2 N–H and O–H groups in total. The fraction of sp³-hybridized carbons (Fsp3) is 0. The predicted molar refractivity (Wildman–Crippen MR) is 71.7 cm³/mol. The number of nitrogen functional groups attached to an aromatic ring is 1. The summed E-state index contributed by atoms with van der Waals surface area (Å²) in [7, 11) is 0. The minimum atomic E-state index is -0.681. The van der Waals surface area contributed by atoms with E-state index in [1.807, 2.05) is 30.3 Å². The van der Waals surface area contributed by atoms with Gasteiger partial charge in [0.1, 0.15) is 17.3 Å². The van der Waals surface area contributed by atoms with E-state index in [9.17, 15) is 8.78 Å². The molecule has 20 heavy (non-hydrogen) atoms. The van der Waals surface area contributed by atoms with Crippen LogP contribution >= 0.6 is 0 Å². The minimum Gasteiger partial charge on any atom is -0.367 e. The lowest BCUT2D eigenvalue weighted by Gasteiger charge is -2.03. The van der Waals surface area contributed by atoms with E-state index in [0.717, 1.165) is 11.6 Å². The quantitative estimate of drug-likeness (QED) is 0.770. The molecule has 0 unspecified atom stereocenters. The predicted octanol–water partition coefficient (Wildman–Crippen LogP) is 3.87. The number of nitrogens with zero attached hydrogens (tertiary/aromatic N) is 1. The van der Waals surface area contributed by atoms with Crippen molar-refractivity contribution in [1.29, 1.82) is 0 Å². The van der Waals surface area contributed by atoms with Crippen LogP contribution in [0.4, 0.5) is 14.7 Å². The van der Waals surface area contributed by atoms with E-state index in [1.165, 1.54) is 12.1 Å². The maximum Gasteiger partial charge on any atom is 0.230 e. The van der Waals surface area contributed by atoms with Gasteiger partial charge in [0.2, 0.25) is 5.88 Å². The fourth-order valence-electron chi connectivity index (χ4n) is 2.07. The highest BCUT2D eigenvalue weighted by molar-refractivity contribution is 5.86. The van der Waals surface area contributed by atoms with Crippen molar-refractivity contribution in [1.82, 2.24) is 5.16 Å². The van der Waals surface area contributed by atoms with Crippen LogP contribution in [0.1, 0.15) is 0 Å². The van der Waals surface area contributed by atoms with Crippen LogP contribution in [0.5, 0.6) is 0 Å². The zero-order valence-electron chi connectivity index (χ0n) is 10.3. The van der Waals surface area contributed by atoms with Gasteiger partial charge in [-0.05, 0) is 17.7 Å². The zero-order valence-corrected chi connectivity index (χ0v) is 10.3. The Morgan fingerprint density at radius 3 is 2.20 bits per heavy atom. The summed E-state index contributed by atoms with van der Waals surface area (Å²) in [6.07, 6.45) is 0. The smallest absolute Gasteiger partial charge is 0.230 e. The fourth-order valence-corrected chi connectivity index (χ4v) is 2.07. The second-order valence-corrected chi connectivity index (χ2v) is 4.29. The van der Waals surface area contributed by atoms with Gasteiger partial charge < -0.3 is 10.3 Å². The summed E-state index contributed by atoms with van der Waals surface area (Å²) in [5.74, 6) is -1.34. The van der Waals surface area contributed by atoms with E-state index in [2.05, 4.69) is 5.16 Å². The molecule has 3 rings (SSSR count). The van der Waals surface area contributed by atoms with Crippen molar-refractivity contribution in [3.8, 4) is 22.4 Å². The second kappa shape index (κ2) is 4.77. The Labute approximate surface area is 113 Å². The van der Waals surface area contributed by atoms with Crippen LogP contribution in [-0.4, -0.2) is 5.16 Å². The Kier molecular flexibility index (Phi) is 2.95. The number of hydrogen-bond acceptors (Lipinski definition) is 3.